The molecule has 1 saturated heterocycles. The molecule has 0 unspecified atom stereocenters. The molecule has 1 aromatic heterocycles. The zero-order valence-corrected chi connectivity index (χ0v) is 18.8. The lowest BCUT2D eigenvalue weighted by molar-refractivity contribution is 0.493. The van der Waals surface area contributed by atoms with E-state index in [0.29, 0.717) is 16.6 Å². The molecule has 0 atom stereocenters. The highest BCUT2D eigenvalue weighted by molar-refractivity contribution is 7.94. The van der Waals surface area contributed by atoms with E-state index < -0.39 is 30.0 Å². The third-order valence-corrected chi connectivity index (χ3v) is 8.89. The van der Waals surface area contributed by atoms with Gasteiger partial charge in [0.1, 0.15) is 10.7 Å². The van der Waals surface area contributed by atoms with E-state index in [0.717, 1.165) is 5.39 Å². The van der Waals surface area contributed by atoms with E-state index in [1.165, 1.54) is 12.1 Å². The van der Waals surface area contributed by atoms with E-state index in [-0.39, 0.29) is 41.9 Å². The largest absolute Gasteiger partial charge is 0.384 e. The zero-order valence-electron chi connectivity index (χ0n) is 17.1. The molecule has 3 aromatic rings. The number of amidine groups is 1. The predicted octanol–water partition coefficient (Wildman–Crippen LogP) is 1.05. The van der Waals surface area contributed by atoms with E-state index in [2.05, 4.69) is 25.5 Å². The van der Waals surface area contributed by atoms with Crippen LogP contribution in [-0.4, -0.2) is 52.7 Å². The van der Waals surface area contributed by atoms with Crippen LogP contribution in [0.5, 0.6) is 0 Å². The number of primary sulfonamides is 1. The van der Waals surface area contributed by atoms with Gasteiger partial charge >= 0.3 is 0 Å². The molecule has 0 bridgehead atoms. The van der Waals surface area contributed by atoms with Gasteiger partial charge in [-0.2, -0.15) is 5.11 Å². The van der Waals surface area contributed by atoms with E-state index in [4.69, 9.17) is 10.9 Å². The number of nitrogens with zero attached hydrogens (tertiary/aromatic N) is 4. The minimum atomic E-state index is -4.52. The lowest BCUT2D eigenvalue weighted by Crippen LogP contribution is -2.51. The predicted molar refractivity (Wildman–Crippen MR) is 123 cm³/mol. The normalized spacial score (nSPS) is 16.7. The van der Waals surface area contributed by atoms with Crippen LogP contribution in [0.15, 0.2) is 67.5 Å². The Morgan fingerprint density at radius 1 is 0.970 bits per heavy atom. The Hall–Kier alpha value is -3.26. The number of para-hydroxylation sites is 1. The first kappa shape index (κ1) is 21.6. The van der Waals surface area contributed by atoms with Gasteiger partial charge in [0.05, 0.1) is 21.2 Å². The molecule has 2 aromatic carbocycles. The number of nitrogens with two attached hydrogens (primary N) is 2. The van der Waals surface area contributed by atoms with Gasteiger partial charge in [0, 0.05) is 24.0 Å². The molecule has 0 aliphatic carbocycles. The van der Waals surface area contributed by atoms with Gasteiger partial charge in [-0.15, -0.1) is 5.11 Å². The average Bonchev–Trinajstić information content (AvgIpc) is 3.24. The first-order chi connectivity index (χ1) is 15.7. The first-order valence-electron chi connectivity index (χ1n) is 9.90. The summed E-state index contributed by atoms with van der Waals surface area (Å²) in [6.07, 6.45) is 0. The summed E-state index contributed by atoms with van der Waals surface area (Å²) in [5.41, 5.74) is 7.26. The van der Waals surface area contributed by atoms with Crippen LogP contribution in [0.3, 0.4) is 0 Å². The molecular formula is C20H19N7O4S2. The van der Waals surface area contributed by atoms with Crippen molar-refractivity contribution in [2.24, 2.45) is 20.4 Å². The second kappa shape index (κ2) is 7.66. The molecule has 1 fully saturated rings. The number of nitrogens with one attached hydrogen (secondary N) is 1. The Morgan fingerprint density at radius 3 is 2.39 bits per heavy atom. The number of aliphatic imine (C=N–C) groups is 1. The van der Waals surface area contributed by atoms with Crippen molar-refractivity contribution < 1.29 is 16.8 Å². The molecule has 13 heteroatoms. The second-order valence-corrected chi connectivity index (χ2v) is 11.4. The Morgan fingerprint density at radius 2 is 1.76 bits per heavy atom. The number of pyridine rings is 1. The summed E-state index contributed by atoms with van der Waals surface area (Å²) in [6.45, 7) is 0.427. The van der Waals surface area contributed by atoms with E-state index in [1.54, 1.807) is 24.3 Å². The lowest BCUT2D eigenvalue weighted by atomic mass is 9.96. The fraction of sp³-hybridized carbons (Fsp3) is 0.200. The highest BCUT2D eigenvalue weighted by Crippen LogP contribution is 2.38. The number of hydrogen-bond donors (Lipinski definition) is 3. The van der Waals surface area contributed by atoms with Crippen LogP contribution in [0.2, 0.25) is 0 Å². The maximum atomic E-state index is 13.3. The molecule has 0 amide bonds. The minimum absolute atomic E-state index is 0.0108. The third kappa shape index (κ3) is 3.58. The third-order valence-electron chi connectivity index (χ3n) is 5.60. The molecule has 3 heterocycles. The smallest absolute Gasteiger partial charge is 0.240 e. The Balaban J connectivity index is 1.90. The summed E-state index contributed by atoms with van der Waals surface area (Å²) in [5, 5.41) is 16.3. The van der Waals surface area contributed by atoms with E-state index in [1.807, 2.05) is 6.07 Å². The first-order valence-corrected chi connectivity index (χ1v) is 13.0. The molecule has 33 heavy (non-hydrogen) atoms. The van der Waals surface area contributed by atoms with Gasteiger partial charge in [0.2, 0.25) is 10.0 Å². The fourth-order valence-corrected chi connectivity index (χ4v) is 7.10. The molecule has 11 nitrogen and oxygen atoms in total. The van der Waals surface area contributed by atoms with Crippen LogP contribution < -0.4 is 16.2 Å². The maximum absolute atomic E-state index is 13.3. The fourth-order valence-electron chi connectivity index (χ4n) is 3.92. The summed E-state index contributed by atoms with van der Waals surface area (Å²) < 4.78 is 52.2. The van der Waals surface area contributed by atoms with Crippen molar-refractivity contribution in [2.75, 3.05) is 25.5 Å². The molecule has 0 radical (unpaired) electrons. The maximum Gasteiger partial charge on any atom is 0.240 e. The van der Waals surface area contributed by atoms with Gasteiger partial charge in [0.25, 0.3) is 0 Å². The Bertz CT molecular complexity index is 1580. The summed E-state index contributed by atoms with van der Waals surface area (Å²) >= 11 is 0. The van der Waals surface area contributed by atoms with Crippen molar-refractivity contribution in [1.82, 2.24) is 10.3 Å². The van der Waals surface area contributed by atoms with E-state index in [9.17, 15) is 16.8 Å². The average molecular weight is 486 g/mol. The number of nitrogen functional groups attached to an aromatic ring is 1. The summed E-state index contributed by atoms with van der Waals surface area (Å²) in [4.78, 5) is 7.66. The standard InChI is InChI=1S/C20H19N7O4S2/c21-16-7-4-11-2-1-3-14(18(11)26-16)13-5-6-15(32(28,29)12-8-23-9-12)19(33(22,30)31)17(13)20-24-10-25-27-20/h1-7,12,23H,8-10H2,(H2,21,26)(H2,22,30,31). The molecule has 2 aliphatic rings. The summed E-state index contributed by atoms with van der Waals surface area (Å²) in [7, 11) is -8.52. The summed E-state index contributed by atoms with van der Waals surface area (Å²) in [6, 6.07) is 11.6. The molecule has 5 rings (SSSR count). The Labute approximate surface area is 189 Å². The van der Waals surface area contributed by atoms with Gasteiger partial charge < -0.3 is 11.1 Å². The molecule has 2 aliphatic heterocycles. The topological polar surface area (TPSA) is 182 Å². The monoisotopic (exact) mass is 485 g/mol. The minimum Gasteiger partial charge on any atom is -0.384 e. The zero-order chi connectivity index (χ0) is 23.4. The molecule has 0 spiro atoms. The van der Waals surface area contributed by atoms with Crippen LogP contribution in [0.25, 0.3) is 22.0 Å². The number of benzene rings is 2. The number of azo groups is 1. The van der Waals surface area contributed by atoms with E-state index >= 15 is 0 Å². The van der Waals surface area contributed by atoms with Crippen LogP contribution >= 0.6 is 0 Å². The van der Waals surface area contributed by atoms with Crippen LogP contribution in [-0.2, 0) is 19.9 Å². The van der Waals surface area contributed by atoms with Crippen LogP contribution in [0.4, 0.5) is 5.82 Å². The van der Waals surface area contributed by atoms with Gasteiger partial charge in [-0.25, -0.2) is 32.0 Å². The molecular weight excluding hydrogens is 466 g/mol. The summed E-state index contributed by atoms with van der Waals surface area (Å²) in [5.74, 6) is 0.261. The quantitative estimate of drug-likeness (QED) is 0.482. The van der Waals surface area contributed by atoms with Gasteiger partial charge in [0.15, 0.2) is 22.3 Å². The highest BCUT2D eigenvalue weighted by atomic mass is 32.2. The molecule has 5 N–H and O–H groups in total. The van der Waals surface area contributed by atoms with Crippen molar-refractivity contribution in [3.8, 4) is 11.1 Å². The Kier molecular flexibility index (Phi) is 5.01. The number of rotatable bonds is 5. The van der Waals surface area contributed by atoms with Gasteiger partial charge in [-0.3, -0.25) is 0 Å². The number of fused-ring (bicyclic) bond motifs is 1. The van der Waals surface area contributed by atoms with Crippen molar-refractivity contribution in [1.29, 1.82) is 0 Å². The van der Waals surface area contributed by atoms with Crippen molar-refractivity contribution in [2.45, 2.75) is 15.0 Å². The second-order valence-electron chi connectivity index (χ2n) is 7.66. The van der Waals surface area contributed by atoms with Gasteiger partial charge in [-0.05, 0) is 23.8 Å². The van der Waals surface area contributed by atoms with Crippen LogP contribution in [0, 0.1) is 0 Å². The number of sulfonamides is 1. The number of sulfone groups is 1. The number of aromatic nitrogens is 1. The lowest BCUT2D eigenvalue weighted by Gasteiger charge is -2.28. The number of anilines is 1. The molecule has 0 saturated carbocycles. The SMILES string of the molecule is Nc1ccc2cccc(-c3ccc(S(=O)(=O)C4CNC4)c(S(N)(=O)=O)c3C3=NCN=N3)c2n1. The molecule has 170 valence electrons. The highest BCUT2D eigenvalue weighted by Gasteiger charge is 2.39. The van der Waals surface area contributed by atoms with Crippen molar-refractivity contribution in [3.05, 3.63) is 48.0 Å². The van der Waals surface area contributed by atoms with Crippen molar-refractivity contribution in [3.63, 3.8) is 0 Å². The van der Waals surface area contributed by atoms with Gasteiger partial charge in [-0.1, -0.05) is 24.3 Å². The van der Waals surface area contributed by atoms with Crippen molar-refractivity contribution >= 4 is 42.4 Å². The number of hydrogen-bond acceptors (Lipinski definition) is 10. The van der Waals surface area contributed by atoms with Crippen LogP contribution in [0.1, 0.15) is 5.56 Å².